The van der Waals surface area contributed by atoms with Gasteiger partial charge in [0, 0.05) is 29.2 Å². The molecule has 1 aliphatic carbocycles. The standard InChI is InChI=1S/C22H20F6N2/c1-20(8-9-20)12-30-11-16(19(29)22(26,27)28)15-7-6-13(10-18(15)30)14-4-2-3-5-17(14)21(23,24)25/h2-7,10-11,19H,8-9,12,29H2,1H3/t19-/m0/s1. The lowest BCUT2D eigenvalue weighted by Gasteiger charge is -2.15. The van der Waals surface area contributed by atoms with E-state index in [1.54, 1.807) is 4.57 Å². The molecule has 0 unspecified atom stereocenters. The van der Waals surface area contributed by atoms with Crippen molar-refractivity contribution >= 4 is 10.9 Å². The van der Waals surface area contributed by atoms with Crippen LogP contribution in [0.4, 0.5) is 26.3 Å². The van der Waals surface area contributed by atoms with E-state index in [-0.39, 0.29) is 16.5 Å². The summed E-state index contributed by atoms with van der Waals surface area (Å²) in [6, 6.07) is 7.38. The van der Waals surface area contributed by atoms with Gasteiger partial charge in [-0.15, -0.1) is 0 Å². The molecular weight excluding hydrogens is 406 g/mol. The molecule has 1 heterocycles. The molecular formula is C22H20F6N2. The maximum atomic E-state index is 13.5. The highest BCUT2D eigenvalue weighted by atomic mass is 19.4. The number of rotatable bonds is 4. The number of aromatic nitrogens is 1. The minimum Gasteiger partial charge on any atom is -0.347 e. The van der Waals surface area contributed by atoms with Crippen molar-refractivity contribution in [2.75, 3.05) is 0 Å². The topological polar surface area (TPSA) is 30.9 Å². The largest absolute Gasteiger partial charge is 0.417 e. The van der Waals surface area contributed by atoms with Gasteiger partial charge in [0.1, 0.15) is 6.04 Å². The summed E-state index contributed by atoms with van der Waals surface area (Å²) in [7, 11) is 0. The van der Waals surface area contributed by atoms with E-state index in [2.05, 4.69) is 0 Å². The first-order valence-corrected chi connectivity index (χ1v) is 9.51. The zero-order chi connectivity index (χ0) is 21.9. The van der Waals surface area contributed by atoms with Gasteiger partial charge in [-0.05, 0) is 41.5 Å². The van der Waals surface area contributed by atoms with Gasteiger partial charge in [-0.25, -0.2) is 0 Å². The summed E-state index contributed by atoms with van der Waals surface area (Å²) >= 11 is 0. The fraction of sp³-hybridized carbons (Fsp3) is 0.364. The highest BCUT2D eigenvalue weighted by Crippen LogP contribution is 2.48. The van der Waals surface area contributed by atoms with Crippen molar-refractivity contribution < 1.29 is 26.3 Å². The van der Waals surface area contributed by atoms with E-state index in [0.717, 1.165) is 18.9 Å². The van der Waals surface area contributed by atoms with Crippen molar-refractivity contribution in [1.82, 2.24) is 4.57 Å². The SMILES string of the molecule is CC1(Cn2cc([C@H](N)C(F)(F)F)c3ccc(-c4ccccc4C(F)(F)F)cc32)CC1. The number of nitrogens with zero attached hydrogens (tertiary/aromatic N) is 1. The Kier molecular flexibility index (Phi) is 4.69. The first-order valence-electron chi connectivity index (χ1n) is 9.51. The van der Waals surface area contributed by atoms with Gasteiger partial charge >= 0.3 is 12.4 Å². The third-order valence-corrected chi connectivity index (χ3v) is 5.80. The van der Waals surface area contributed by atoms with Crippen molar-refractivity contribution in [1.29, 1.82) is 0 Å². The van der Waals surface area contributed by atoms with Gasteiger partial charge in [0.25, 0.3) is 0 Å². The number of nitrogens with two attached hydrogens (primary N) is 1. The summed E-state index contributed by atoms with van der Waals surface area (Å²) in [4.78, 5) is 0. The Morgan fingerprint density at radius 2 is 1.70 bits per heavy atom. The second-order valence-corrected chi connectivity index (χ2v) is 8.32. The molecule has 8 heteroatoms. The summed E-state index contributed by atoms with van der Waals surface area (Å²) in [5.41, 5.74) is 5.32. The van der Waals surface area contributed by atoms with E-state index in [0.29, 0.717) is 23.0 Å². The van der Waals surface area contributed by atoms with E-state index >= 15 is 0 Å². The molecule has 1 saturated carbocycles. The van der Waals surface area contributed by atoms with Crippen LogP contribution in [0.1, 0.15) is 36.9 Å². The molecule has 30 heavy (non-hydrogen) atoms. The molecule has 160 valence electrons. The monoisotopic (exact) mass is 426 g/mol. The van der Waals surface area contributed by atoms with E-state index in [9.17, 15) is 26.3 Å². The van der Waals surface area contributed by atoms with Gasteiger partial charge in [0.15, 0.2) is 0 Å². The van der Waals surface area contributed by atoms with Crippen molar-refractivity contribution in [2.45, 2.75) is 44.7 Å². The highest BCUT2D eigenvalue weighted by Gasteiger charge is 2.41. The Morgan fingerprint density at radius 1 is 1.03 bits per heavy atom. The molecule has 0 spiro atoms. The van der Waals surface area contributed by atoms with Crippen LogP contribution in [0.25, 0.3) is 22.0 Å². The summed E-state index contributed by atoms with van der Waals surface area (Å²) in [6.07, 6.45) is -5.87. The number of hydrogen-bond acceptors (Lipinski definition) is 1. The van der Waals surface area contributed by atoms with Crippen LogP contribution >= 0.6 is 0 Å². The van der Waals surface area contributed by atoms with Crippen LogP contribution in [-0.4, -0.2) is 10.7 Å². The second kappa shape index (κ2) is 6.77. The molecule has 1 aliphatic rings. The highest BCUT2D eigenvalue weighted by molar-refractivity contribution is 5.89. The number of benzene rings is 2. The van der Waals surface area contributed by atoms with Gasteiger partial charge in [0.2, 0.25) is 0 Å². The lowest BCUT2D eigenvalue weighted by molar-refractivity contribution is -0.148. The summed E-state index contributed by atoms with van der Waals surface area (Å²) in [5, 5.41) is 0.303. The fourth-order valence-electron chi connectivity index (χ4n) is 3.81. The molecule has 0 aliphatic heterocycles. The predicted octanol–water partition coefficient (Wildman–Crippen LogP) is 6.69. The molecule has 1 aromatic heterocycles. The molecule has 1 fully saturated rings. The minimum atomic E-state index is -4.62. The molecule has 4 rings (SSSR count). The molecule has 3 aromatic rings. The van der Waals surface area contributed by atoms with Gasteiger partial charge in [0.05, 0.1) is 5.56 Å². The lowest BCUT2D eigenvalue weighted by Crippen LogP contribution is -2.28. The average Bonchev–Trinajstić information content (AvgIpc) is 3.29. The van der Waals surface area contributed by atoms with E-state index < -0.39 is 24.0 Å². The summed E-state index contributed by atoms with van der Waals surface area (Å²) < 4.78 is 81.9. The number of hydrogen-bond donors (Lipinski definition) is 1. The van der Waals surface area contributed by atoms with E-state index in [1.165, 1.54) is 42.6 Å². The van der Waals surface area contributed by atoms with Crippen LogP contribution in [0.2, 0.25) is 0 Å². The number of fused-ring (bicyclic) bond motifs is 1. The Bertz CT molecular complexity index is 1090. The predicted molar refractivity (Wildman–Crippen MR) is 103 cm³/mol. The zero-order valence-electron chi connectivity index (χ0n) is 16.1. The van der Waals surface area contributed by atoms with Crippen molar-refractivity contribution in [2.24, 2.45) is 11.1 Å². The molecule has 0 radical (unpaired) electrons. The van der Waals surface area contributed by atoms with Gasteiger partial charge in [-0.2, -0.15) is 26.3 Å². The van der Waals surface area contributed by atoms with Gasteiger partial charge < -0.3 is 10.3 Å². The Morgan fingerprint density at radius 3 is 2.30 bits per heavy atom. The first kappa shape index (κ1) is 20.8. The number of alkyl halides is 6. The molecule has 0 amide bonds. The van der Waals surface area contributed by atoms with Crippen molar-refractivity contribution in [3.05, 3.63) is 59.8 Å². The van der Waals surface area contributed by atoms with Gasteiger partial charge in [-0.1, -0.05) is 37.3 Å². The van der Waals surface area contributed by atoms with Crippen LogP contribution in [-0.2, 0) is 12.7 Å². The molecule has 1 atom stereocenters. The van der Waals surface area contributed by atoms with E-state index in [1.807, 2.05) is 6.92 Å². The first-order chi connectivity index (χ1) is 13.9. The Balaban J connectivity index is 1.89. The maximum absolute atomic E-state index is 13.5. The van der Waals surface area contributed by atoms with Crippen LogP contribution < -0.4 is 5.73 Å². The number of halogens is 6. The van der Waals surface area contributed by atoms with Crippen LogP contribution in [0.15, 0.2) is 48.7 Å². The lowest BCUT2D eigenvalue weighted by atomic mass is 9.97. The third kappa shape index (κ3) is 3.80. The third-order valence-electron chi connectivity index (χ3n) is 5.80. The second-order valence-electron chi connectivity index (χ2n) is 8.32. The van der Waals surface area contributed by atoms with Crippen LogP contribution in [0.5, 0.6) is 0 Å². The quantitative estimate of drug-likeness (QED) is 0.463. The Hall–Kier alpha value is -2.48. The summed E-state index contributed by atoms with van der Waals surface area (Å²) in [6.45, 7) is 2.52. The molecule has 0 bridgehead atoms. The molecule has 2 nitrogen and oxygen atoms in total. The van der Waals surface area contributed by atoms with E-state index in [4.69, 9.17) is 5.73 Å². The van der Waals surface area contributed by atoms with Crippen LogP contribution in [0, 0.1) is 5.41 Å². The smallest absolute Gasteiger partial charge is 0.347 e. The molecule has 0 saturated heterocycles. The molecule has 2 N–H and O–H groups in total. The average molecular weight is 426 g/mol. The van der Waals surface area contributed by atoms with Crippen molar-refractivity contribution in [3.63, 3.8) is 0 Å². The summed E-state index contributed by atoms with van der Waals surface area (Å²) in [5.74, 6) is 0. The Labute approximate surface area is 169 Å². The normalized spacial score (nSPS) is 17.3. The van der Waals surface area contributed by atoms with Gasteiger partial charge in [-0.3, -0.25) is 0 Å². The van der Waals surface area contributed by atoms with Crippen LogP contribution in [0.3, 0.4) is 0 Å². The minimum absolute atomic E-state index is 0.0149. The van der Waals surface area contributed by atoms with Crippen molar-refractivity contribution in [3.8, 4) is 11.1 Å². The zero-order valence-corrected chi connectivity index (χ0v) is 16.1. The molecule has 2 aromatic carbocycles. The fourth-order valence-corrected chi connectivity index (χ4v) is 3.81. The maximum Gasteiger partial charge on any atom is 0.417 e.